The molecule has 3 aromatic rings. The summed E-state index contributed by atoms with van der Waals surface area (Å²) in [7, 11) is 1.76. The molecule has 0 heterocycles. The zero-order chi connectivity index (χ0) is 24.3. The Morgan fingerprint density at radius 3 is 2.38 bits per heavy atom. The average molecular weight is 471 g/mol. The zero-order valence-electron chi connectivity index (χ0n) is 19.3. The van der Waals surface area contributed by atoms with Crippen LogP contribution in [0.5, 0.6) is 5.75 Å². The summed E-state index contributed by atoms with van der Waals surface area (Å²) in [6.45, 7) is 1.34. The molecule has 0 fully saturated rings. The van der Waals surface area contributed by atoms with Crippen LogP contribution in [-0.2, 0) is 25.0 Å². The predicted molar refractivity (Wildman–Crippen MR) is 127 cm³/mol. The van der Waals surface area contributed by atoms with Crippen LogP contribution in [-0.4, -0.2) is 24.9 Å². The fourth-order valence-corrected chi connectivity index (χ4v) is 4.42. The van der Waals surface area contributed by atoms with Gasteiger partial charge in [0.15, 0.2) is 0 Å². The summed E-state index contributed by atoms with van der Waals surface area (Å²) in [5.41, 5.74) is 4.37. The first-order chi connectivity index (χ1) is 16.2. The Morgan fingerprint density at radius 2 is 1.71 bits per heavy atom. The highest BCUT2D eigenvalue weighted by atomic mass is 19.4. The summed E-state index contributed by atoms with van der Waals surface area (Å²) in [6.07, 6.45) is -2.02. The van der Waals surface area contributed by atoms with Crippen molar-refractivity contribution in [1.29, 1.82) is 0 Å². The summed E-state index contributed by atoms with van der Waals surface area (Å²) in [5.74, 6) is 0.334. The van der Waals surface area contributed by atoms with Crippen LogP contribution in [0.3, 0.4) is 0 Å². The lowest BCUT2D eigenvalue weighted by Gasteiger charge is -2.32. The third-order valence-corrected chi connectivity index (χ3v) is 6.41. The van der Waals surface area contributed by atoms with Crippen LogP contribution in [0.25, 0.3) is 0 Å². The van der Waals surface area contributed by atoms with E-state index in [2.05, 4.69) is 5.43 Å². The highest BCUT2D eigenvalue weighted by molar-refractivity contribution is 5.55. The molecule has 0 amide bonds. The van der Waals surface area contributed by atoms with Gasteiger partial charge in [-0.3, -0.25) is 0 Å². The van der Waals surface area contributed by atoms with Crippen LogP contribution in [0, 0.1) is 6.92 Å². The first-order valence-corrected chi connectivity index (χ1v) is 11.3. The van der Waals surface area contributed by atoms with Gasteiger partial charge in [-0.05, 0) is 72.2 Å². The van der Waals surface area contributed by atoms with E-state index in [1.807, 2.05) is 41.4 Å². The molecule has 4 rings (SSSR count). The van der Waals surface area contributed by atoms with Crippen molar-refractivity contribution in [3.05, 3.63) is 94.5 Å². The van der Waals surface area contributed by atoms with Crippen LogP contribution in [0.15, 0.2) is 66.7 Å². The number of fused-ring (bicyclic) bond motifs is 1. The maximum absolute atomic E-state index is 14.1. The van der Waals surface area contributed by atoms with Gasteiger partial charge in [0.1, 0.15) is 12.4 Å². The number of nitrogens with zero attached hydrogens (tertiary/aromatic N) is 1. The lowest BCUT2D eigenvalue weighted by Crippen LogP contribution is -2.47. The molecule has 3 aromatic carbocycles. The van der Waals surface area contributed by atoms with E-state index in [1.165, 1.54) is 17.7 Å². The Morgan fingerprint density at radius 1 is 0.971 bits per heavy atom. The number of benzene rings is 3. The van der Waals surface area contributed by atoms with E-state index in [0.29, 0.717) is 17.9 Å². The molecule has 1 aliphatic carbocycles. The van der Waals surface area contributed by atoms with Gasteiger partial charge in [0.05, 0.1) is 12.2 Å². The molecule has 0 radical (unpaired) electrons. The molecule has 0 saturated heterocycles. The van der Waals surface area contributed by atoms with Gasteiger partial charge in [0.2, 0.25) is 5.60 Å². The Bertz CT molecular complexity index is 1130. The van der Waals surface area contributed by atoms with Crippen molar-refractivity contribution in [1.82, 2.24) is 5.43 Å². The van der Waals surface area contributed by atoms with Crippen molar-refractivity contribution in [3.63, 3.8) is 0 Å². The van der Waals surface area contributed by atoms with Crippen molar-refractivity contribution in [2.24, 2.45) is 0 Å². The van der Waals surface area contributed by atoms with Crippen LogP contribution < -0.4 is 15.2 Å². The number of hydrogen-bond donors (Lipinski definition) is 2. The summed E-state index contributed by atoms with van der Waals surface area (Å²) in [4.78, 5) is 0. The fraction of sp³-hybridized carbons (Fsp3) is 0.333. The molecule has 0 aliphatic heterocycles. The first-order valence-electron chi connectivity index (χ1n) is 11.3. The second-order valence-electron chi connectivity index (χ2n) is 8.73. The summed E-state index contributed by atoms with van der Waals surface area (Å²) in [6, 6.07) is 19.4. The number of halogens is 3. The monoisotopic (exact) mass is 470 g/mol. The number of alkyl halides is 3. The molecule has 7 heteroatoms. The van der Waals surface area contributed by atoms with Gasteiger partial charge in [0.25, 0.3) is 0 Å². The van der Waals surface area contributed by atoms with Gasteiger partial charge >= 0.3 is 6.18 Å². The minimum absolute atomic E-state index is 0.252. The molecule has 4 nitrogen and oxygen atoms in total. The molecule has 2 N–H and O–H groups in total. The fourth-order valence-electron chi connectivity index (χ4n) is 4.42. The quantitative estimate of drug-likeness (QED) is 0.430. The molecular weight excluding hydrogens is 441 g/mol. The molecule has 0 saturated carbocycles. The van der Waals surface area contributed by atoms with E-state index in [9.17, 15) is 18.3 Å². The Balaban J connectivity index is 1.58. The Kier molecular flexibility index (Phi) is 6.86. The second-order valence-corrected chi connectivity index (χ2v) is 8.73. The second kappa shape index (κ2) is 9.68. The molecular formula is C27H29F3N2O2. The summed E-state index contributed by atoms with van der Waals surface area (Å²) >= 11 is 0. The zero-order valence-corrected chi connectivity index (χ0v) is 19.3. The molecule has 1 atom stereocenters. The maximum atomic E-state index is 14.1. The van der Waals surface area contributed by atoms with Gasteiger partial charge < -0.3 is 14.9 Å². The van der Waals surface area contributed by atoms with E-state index in [4.69, 9.17) is 4.74 Å². The third-order valence-electron chi connectivity index (χ3n) is 6.41. The minimum Gasteiger partial charge on any atom is -0.490 e. The number of anilines is 1. The number of hydrazine groups is 1. The molecule has 0 bridgehead atoms. The van der Waals surface area contributed by atoms with E-state index < -0.39 is 18.4 Å². The van der Waals surface area contributed by atoms with E-state index in [-0.39, 0.29) is 5.56 Å². The number of ether oxygens (including phenoxy) is 1. The molecule has 180 valence electrons. The maximum Gasteiger partial charge on any atom is 0.424 e. The SMILES string of the molecule is CNN(Cc1ccccc1)c1ccc(C(O)(COc2ccc3c(c2)CCC3)C(F)(F)F)cc1C. The number of aryl methyl sites for hydroxylation is 3. The van der Waals surface area contributed by atoms with Crippen LogP contribution in [0.1, 0.15) is 34.2 Å². The molecule has 0 aromatic heterocycles. The molecule has 34 heavy (non-hydrogen) atoms. The van der Waals surface area contributed by atoms with Gasteiger partial charge in [-0.15, -0.1) is 0 Å². The third kappa shape index (κ3) is 4.91. The number of nitrogens with one attached hydrogen (secondary N) is 1. The van der Waals surface area contributed by atoms with Crippen LogP contribution in [0.2, 0.25) is 0 Å². The van der Waals surface area contributed by atoms with E-state index in [1.54, 1.807) is 32.2 Å². The highest BCUT2D eigenvalue weighted by Crippen LogP contribution is 2.41. The van der Waals surface area contributed by atoms with Gasteiger partial charge in [0, 0.05) is 7.05 Å². The van der Waals surface area contributed by atoms with Crippen LogP contribution in [0.4, 0.5) is 18.9 Å². The van der Waals surface area contributed by atoms with E-state index >= 15 is 0 Å². The molecule has 0 spiro atoms. The van der Waals surface area contributed by atoms with Crippen molar-refractivity contribution in [2.45, 2.75) is 44.5 Å². The number of hydrogen-bond acceptors (Lipinski definition) is 4. The minimum atomic E-state index is -4.91. The number of rotatable bonds is 8. The van der Waals surface area contributed by atoms with Crippen molar-refractivity contribution >= 4 is 5.69 Å². The van der Waals surface area contributed by atoms with Crippen molar-refractivity contribution in [3.8, 4) is 5.75 Å². The van der Waals surface area contributed by atoms with Crippen molar-refractivity contribution in [2.75, 3.05) is 18.7 Å². The van der Waals surface area contributed by atoms with Crippen LogP contribution >= 0.6 is 0 Å². The number of aliphatic hydroxyl groups is 1. The molecule has 1 aliphatic rings. The molecule has 1 unspecified atom stereocenters. The average Bonchev–Trinajstić information content (AvgIpc) is 3.29. The van der Waals surface area contributed by atoms with E-state index in [0.717, 1.165) is 36.1 Å². The topological polar surface area (TPSA) is 44.7 Å². The summed E-state index contributed by atoms with van der Waals surface area (Å²) in [5, 5.41) is 12.7. The van der Waals surface area contributed by atoms with Gasteiger partial charge in [-0.2, -0.15) is 13.2 Å². The van der Waals surface area contributed by atoms with Crippen molar-refractivity contribution < 1.29 is 23.0 Å². The Labute approximate surface area is 198 Å². The smallest absolute Gasteiger partial charge is 0.424 e. The lowest BCUT2D eigenvalue weighted by atomic mass is 9.92. The van der Waals surface area contributed by atoms with Gasteiger partial charge in [-0.25, -0.2) is 5.43 Å². The van der Waals surface area contributed by atoms with Gasteiger partial charge in [-0.1, -0.05) is 48.5 Å². The largest absolute Gasteiger partial charge is 0.490 e. The summed E-state index contributed by atoms with van der Waals surface area (Å²) < 4.78 is 47.8. The highest BCUT2D eigenvalue weighted by Gasteiger charge is 2.56. The Hall–Kier alpha value is -3.03. The standard InChI is InChI=1S/C27H29F3N2O2/c1-19-15-23(12-14-25(19)32(31-2)17-20-7-4-3-5-8-20)26(33,27(28,29)30)18-34-24-13-11-21-9-6-10-22(21)16-24/h3-5,7-8,11-16,31,33H,6,9-10,17-18H2,1-2H3. The predicted octanol–water partition coefficient (Wildman–Crippen LogP) is 5.45. The lowest BCUT2D eigenvalue weighted by molar-refractivity contribution is -0.275. The normalized spacial score (nSPS) is 15.0. The first kappa shape index (κ1) is 24.1.